The van der Waals surface area contributed by atoms with Crippen LogP contribution in [-0.2, 0) is 9.84 Å². The summed E-state index contributed by atoms with van der Waals surface area (Å²) in [6.45, 7) is 1.76. The maximum Gasteiger partial charge on any atom is 0.177 e. The van der Waals surface area contributed by atoms with Crippen molar-refractivity contribution in [3.63, 3.8) is 0 Å². The summed E-state index contributed by atoms with van der Waals surface area (Å²) in [5, 5.41) is 9.69. The minimum Gasteiger partial charge on any atom is -0.506 e. The van der Waals surface area contributed by atoms with E-state index >= 15 is 0 Å². The molecule has 0 fully saturated rings. The van der Waals surface area contributed by atoms with Crippen molar-refractivity contribution in [2.24, 2.45) is 0 Å². The minimum atomic E-state index is -3.39. The minimum absolute atomic E-state index is 0.0419. The second-order valence-corrected chi connectivity index (χ2v) is 6.63. The van der Waals surface area contributed by atoms with Crippen LogP contribution in [0.3, 0.4) is 0 Å². The topological polar surface area (TPSA) is 67.3 Å². The lowest BCUT2D eigenvalue weighted by atomic mass is 10.0. The molecule has 0 aliphatic heterocycles. The zero-order chi connectivity index (χ0) is 14.2. The van der Waals surface area contributed by atoms with Gasteiger partial charge in [-0.05, 0) is 36.8 Å². The number of rotatable bonds is 2. The SMILES string of the molecule is Cc1cc(O)c(Cl)cc1-c1ncccc1S(C)(=O)=O. The van der Waals surface area contributed by atoms with Crippen LogP contribution in [0.1, 0.15) is 5.56 Å². The zero-order valence-electron chi connectivity index (χ0n) is 10.4. The second kappa shape index (κ2) is 4.83. The second-order valence-electron chi connectivity index (χ2n) is 4.24. The number of hydrogen-bond acceptors (Lipinski definition) is 4. The number of hydrogen-bond donors (Lipinski definition) is 1. The van der Waals surface area contributed by atoms with Crippen LogP contribution in [0.15, 0.2) is 35.4 Å². The molecule has 0 bridgehead atoms. The van der Waals surface area contributed by atoms with Crippen LogP contribution in [0.2, 0.25) is 5.02 Å². The summed E-state index contributed by atoms with van der Waals surface area (Å²) >= 11 is 5.88. The first-order chi connectivity index (χ1) is 8.80. The summed E-state index contributed by atoms with van der Waals surface area (Å²) in [6.07, 6.45) is 2.65. The monoisotopic (exact) mass is 297 g/mol. The molecule has 4 nitrogen and oxygen atoms in total. The van der Waals surface area contributed by atoms with Gasteiger partial charge in [0.15, 0.2) is 9.84 Å². The molecular formula is C13H12ClNO3S. The van der Waals surface area contributed by atoms with Gasteiger partial charge in [-0.3, -0.25) is 4.98 Å². The molecule has 2 rings (SSSR count). The normalized spacial score (nSPS) is 11.5. The molecule has 1 aromatic carbocycles. The number of aromatic nitrogens is 1. The van der Waals surface area contributed by atoms with Gasteiger partial charge >= 0.3 is 0 Å². The number of sulfone groups is 1. The van der Waals surface area contributed by atoms with Gasteiger partial charge in [0.1, 0.15) is 5.75 Å². The maximum absolute atomic E-state index is 11.8. The highest BCUT2D eigenvalue weighted by atomic mass is 35.5. The smallest absolute Gasteiger partial charge is 0.177 e. The van der Waals surface area contributed by atoms with Crippen molar-refractivity contribution >= 4 is 21.4 Å². The predicted molar refractivity (Wildman–Crippen MR) is 74.2 cm³/mol. The van der Waals surface area contributed by atoms with Crippen LogP contribution in [0.25, 0.3) is 11.3 Å². The predicted octanol–water partition coefficient (Wildman–Crippen LogP) is 2.82. The molecule has 0 radical (unpaired) electrons. The first-order valence-electron chi connectivity index (χ1n) is 5.45. The number of pyridine rings is 1. The summed E-state index contributed by atoms with van der Waals surface area (Å²) < 4.78 is 23.5. The molecule has 0 saturated carbocycles. The molecule has 6 heteroatoms. The van der Waals surface area contributed by atoms with Crippen molar-refractivity contribution < 1.29 is 13.5 Å². The highest BCUT2D eigenvalue weighted by Gasteiger charge is 2.18. The lowest BCUT2D eigenvalue weighted by Crippen LogP contribution is -2.02. The number of benzene rings is 1. The van der Waals surface area contributed by atoms with Gasteiger partial charge in [0.25, 0.3) is 0 Å². The van der Waals surface area contributed by atoms with Gasteiger partial charge in [0.2, 0.25) is 0 Å². The van der Waals surface area contributed by atoms with Crippen molar-refractivity contribution in [2.75, 3.05) is 6.26 Å². The van der Waals surface area contributed by atoms with E-state index in [-0.39, 0.29) is 15.7 Å². The summed E-state index contributed by atoms with van der Waals surface area (Å²) in [5.41, 5.74) is 1.62. The van der Waals surface area contributed by atoms with E-state index in [0.717, 1.165) is 6.26 Å². The van der Waals surface area contributed by atoms with E-state index in [9.17, 15) is 13.5 Å². The van der Waals surface area contributed by atoms with Crippen molar-refractivity contribution in [2.45, 2.75) is 11.8 Å². The lowest BCUT2D eigenvalue weighted by molar-refractivity contribution is 0.475. The van der Waals surface area contributed by atoms with Gasteiger partial charge in [-0.15, -0.1) is 0 Å². The molecule has 0 aliphatic carbocycles. The Labute approximate surface area is 116 Å². The molecule has 19 heavy (non-hydrogen) atoms. The molecule has 1 heterocycles. The number of phenolic OH excluding ortho intramolecular Hbond substituents is 1. The highest BCUT2D eigenvalue weighted by molar-refractivity contribution is 7.90. The molecule has 1 N–H and O–H groups in total. The van der Waals surface area contributed by atoms with Crippen LogP contribution >= 0.6 is 11.6 Å². The van der Waals surface area contributed by atoms with Crippen molar-refractivity contribution in [1.82, 2.24) is 4.98 Å². The van der Waals surface area contributed by atoms with Gasteiger partial charge in [0.05, 0.1) is 15.6 Å². The van der Waals surface area contributed by atoms with Crippen LogP contribution in [-0.4, -0.2) is 24.8 Å². The van der Waals surface area contributed by atoms with Gasteiger partial charge in [-0.1, -0.05) is 11.6 Å². The third-order valence-corrected chi connectivity index (χ3v) is 4.15. The van der Waals surface area contributed by atoms with Gasteiger partial charge in [0, 0.05) is 18.0 Å². The van der Waals surface area contributed by atoms with Crippen molar-refractivity contribution in [3.8, 4) is 17.0 Å². The summed E-state index contributed by atoms with van der Waals surface area (Å²) in [6, 6.07) is 6.07. The third-order valence-electron chi connectivity index (χ3n) is 2.72. The molecule has 0 aliphatic rings. The van der Waals surface area contributed by atoms with Crippen molar-refractivity contribution in [3.05, 3.63) is 41.0 Å². The Balaban J connectivity index is 2.77. The largest absolute Gasteiger partial charge is 0.506 e. The van der Waals surface area contributed by atoms with E-state index in [0.29, 0.717) is 16.8 Å². The van der Waals surface area contributed by atoms with Gasteiger partial charge in [-0.2, -0.15) is 0 Å². The van der Waals surface area contributed by atoms with Crippen LogP contribution in [0, 0.1) is 6.92 Å². The Bertz CT molecular complexity index is 742. The van der Waals surface area contributed by atoms with E-state index in [2.05, 4.69) is 4.98 Å². The molecule has 0 atom stereocenters. The van der Waals surface area contributed by atoms with E-state index in [1.807, 2.05) is 0 Å². The Kier molecular flexibility index (Phi) is 3.52. The van der Waals surface area contributed by atoms with Gasteiger partial charge < -0.3 is 5.11 Å². The van der Waals surface area contributed by atoms with E-state index in [1.54, 1.807) is 13.0 Å². The Hall–Kier alpha value is -1.59. The lowest BCUT2D eigenvalue weighted by Gasteiger charge is -2.10. The molecule has 100 valence electrons. The molecule has 1 aromatic heterocycles. The first kappa shape index (κ1) is 13.8. The average Bonchev–Trinajstić information content (AvgIpc) is 2.33. The van der Waals surface area contributed by atoms with E-state index in [4.69, 9.17) is 11.6 Å². The third kappa shape index (κ3) is 2.72. The number of phenols is 1. The van der Waals surface area contributed by atoms with E-state index < -0.39 is 9.84 Å². The van der Waals surface area contributed by atoms with Gasteiger partial charge in [-0.25, -0.2) is 8.42 Å². The van der Waals surface area contributed by atoms with Crippen molar-refractivity contribution in [1.29, 1.82) is 0 Å². The fourth-order valence-corrected chi connectivity index (χ4v) is 2.82. The average molecular weight is 298 g/mol. The quantitative estimate of drug-likeness (QED) is 0.925. The summed E-state index contributed by atoms with van der Waals surface area (Å²) in [4.78, 5) is 4.27. The summed E-state index contributed by atoms with van der Waals surface area (Å²) in [5.74, 6) is -0.0419. The molecule has 2 aromatic rings. The molecule has 0 amide bonds. The fourth-order valence-electron chi connectivity index (χ4n) is 1.81. The van der Waals surface area contributed by atoms with E-state index in [1.165, 1.54) is 24.4 Å². The molecular weight excluding hydrogens is 286 g/mol. The Morgan fingerprint density at radius 2 is 2.00 bits per heavy atom. The standard InChI is InChI=1S/C13H12ClNO3S/c1-8-6-11(16)10(14)7-9(8)13-12(19(2,17)18)4-3-5-15-13/h3-7,16H,1-2H3. The fraction of sp³-hybridized carbons (Fsp3) is 0.154. The summed E-state index contributed by atoms with van der Waals surface area (Å²) in [7, 11) is -3.39. The van der Waals surface area contributed by atoms with Crippen LogP contribution in [0.5, 0.6) is 5.75 Å². The molecule has 0 unspecified atom stereocenters. The number of nitrogens with zero attached hydrogens (tertiary/aromatic N) is 1. The molecule has 0 saturated heterocycles. The number of halogens is 1. The Morgan fingerprint density at radius 1 is 1.32 bits per heavy atom. The van der Waals surface area contributed by atoms with Crippen LogP contribution in [0.4, 0.5) is 0 Å². The highest BCUT2D eigenvalue weighted by Crippen LogP contribution is 2.34. The number of aromatic hydroxyl groups is 1. The Morgan fingerprint density at radius 3 is 2.63 bits per heavy atom. The van der Waals surface area contributed by atoms with Crippen LogP contribution < -0.4 is 0 Å². The first-order valence-corrected chi connectivity index (χ1v) is 7.72. The molecule has 0 spiro atoms. The zero-order valence-corrected chi connectivity index (χ0v) is 12.0. The number of aryl methyl sites for hydroxylation is 1. The maximum atomic E-state index is 11.8.